The number of nitrogens with two attached hydrogens (primary N) is 2. The molecule has 106 valence electrons. The van der Waals surface area contributed by atoms with Crippen molar-refractivity contribution in [3.05, 3.63) is 0 Å². The van der Waals surface area contributed by atoms with Crippen LogP contribution in [0.2, 0.25) is 0 Å². The highest BCUT2D eigenvalue weighted by molar-refractivity contribution is 5.75. The van der Waals surface area contributed by atoms with Crippen LogP contribution in [0.1, 0.15) is 39.0 Å². The minimum atomic E-state index is -0.584. The third kappa shape index (κ3) is 7.11. The molecule has 1 atom stereocenters. The van der Waals surface area contributed by atoms with Crippen LogP contribution >= 0.6 is 0 Å². The maximum Gasteiger partial charge on any atom is 0.322 e. The molecule has 1 unspecified atom stereocenters. The second-order valence-corrected chi connectivity index (χ2v) is 4.35. The number of rotatable bonds is 9. The number of methoxy groups -OCH3 is 1. The molecule has 5 N–H and O–H groups in total. The van der Waals surface area contributed by atoms with Crippen molar-refractivity contribution in [3.8, 4) is 0 Å². The second kappa shape index (κ2) is 9.70. The van der Waals surface area contributed by atoms with Gasteiger partial charge in [-0.15, -0.1) is 0 Å². The summed E-state index contributed by atoms with van der Waals surface area (Å²) in [7, 11) is 1.33. The fraction of sp³-hybridized carbons (Fsp3) is 0.833. The molecule has 0 fully saturated rings. The fourth-order valence-electron chi connectivity index (χ4n) is 1.68. The summed E-state index contributed by atoms with van der Waals surface area (Å²) >= 11 is 0. The first-order valence-corrected chi connectivity index (χ1v) is 6.45. The number of carbonyl (C=O) groups excluding carboxylic acids is 1. The normalized spacial score (nSPS) is 11.9. The lowest BCUT2D eigenvalue weighted by molar-refractivity contribution is -0.142. The Morgan fingerprint density at radius 3 is 2.44 bits per heavy atom. The summed E-state index contributed by atoms with van der Waals surface area (Å²) in [5.74, 6) is -0.312. The molecular formula is C12H26N4O2. The predicted octanol–water partition coefficient (Wildman–Crippen LogP) is 0.653. The number of carbonyl (C=O) groups is 1. The minimum absolute atomic E-state index is 0.0812. The van der Waals surface area contributed by atoms with E-state index in [1.54, 1.807) is 0 Å². The minimum Gasteiger partial charge on any atom is -0.468 e. The molecule has 0 saturated carbocycles. The van der Waals surface area contributed by atoms with Crippen molar-refractivity contribution < 1.29 is 9.53 Å². The van der Waals surface area contributed by atoms with Gasteiger partial charge in [-0.1, -0.05) is 19.8 Å². The van der Waals surface area contributed by atoms with Crippen molar-refractivity contribution in [2.24, 2.45) is 11.5 Å². The third-order valence-electron chi connectivity index (χ3n) is 2.82. The van der Waals surface area contributed by atoms with Gasteiger partial charge in [0.2, 0.25) is 0 Å². The largest absolute Gasteiger partial charge is 0.468 e. The van der Waals surface area contributed by atoms with E-state index < -0.39 is 12.0 Å². The molecule has 0 aromatic carbocycles. The van der Waals surface area contributed by atoms with Crippen LogP contribution in [0.5, 0.6) is 0 Å². The summed E-state index contributed by atoms with van der Waals surface area (Å²) in [5, 5.41) is 7.47. The number of esters is 1. The van der Waals surface area contributed by atoms with Gasteiger partial charge in [-0.05, 0) is 19.3 Å². The molecule has 0 rings (SSSR count). The summed E-state index contributed by atoms with van der Waals surface area (Å²) in [6.07, 6.45) is 4.57. The Balaban J connectivity index is 3.89. The van der Waals surface area contributed by atoms with Gasteiger partial charge >= 0.3 is 5.97 Å². The van der Waals surface area contributed by atoms with Crippen LogP contribution in [0.25, 0.3) is 0 Å². The number of unbranched alkanes of at least 4 members (excludes halogenated alkanes) is 2. The number of nitrogens with one attached hydrogen (secondary N) is 1. The molecule has 6 nitrogen and oxygen atoms in total. The van der Waals surface area contributed by atoms with Crippen LogP contribution in [0.3, 0.4) is 0 Å². The molecule has 0 aliphatic heterocycles. The van der Waals surface area contributed by atoms with Crippen molar-refractivity contribution >= 4 is 11.9 Å². The second-order valence-electron chi connectivity index (χ2n) is 4.35. The molecule has 0 aromatic rings. The quantitative estimate of drug-likeness (QED) is 0.244. The summed E-state index contributed by atoms with van der Waals surface area (Å²) in [6.45, 7) is 3.58. The first kappa shape index (κ1) is 16.7. The first-order valence-electron chi connectivity index (χ1n) is 6.45. The molecule has 0 spiro atoms. The summed E-state index contributed by atoms with van der Waals surface area (Å²) in [5.41, 5.74) is 11.1. The van der Waals surface area contributed by atoms with Crippen molar-refractivity contribution in [2.45, 2.75) is 45.1 Å². The van der Waals surface area contributed by atoms with E-state index in [2.05, 4.69) is 11.7 Å². The number of ether oxygens (including phenoxy) is 1. The molecule has 0 heterocycles. The maximum atomic E-state index is 11.1. The highest BCUT2D eigenvalue weighted by Crippen LogP contribution is 2.02. The van der Waals surface area contributed by atoms with Crippen LogP contribution in [-0.4, -0.2) is 43.1 Å². The van der Waals surface area contributed by atoms with Gasteiger partial charge in [0, 0.05) is 13.1 Å². The van der Waals surface area contributed by atoms with Crippen LogP contribution < -0.4 is 11.5 Å². The Morgan fingerprint density at radius 2 is 1.94 bits per heavy atom. The number of hydrogen-bond acceptors (Lipinski definition) is 4. The zero-order chi connectivity index (χ0) is 14.0. The summed E-state index contributed by atoms with van der Waals surface area (Å²) in [6, 6.07) is -0.584. The molecule has 0 saturated heterocycles. The lowest BCUT2D eigenvalue weighted by Crippen LogP contribution is -2.39. The van der Waals surface area contributed by atoms with Gasteiger partial charge in [0.1, 0.15) is 6.04 Å². The van der Waals surface area contributed by atoms with Gasteiger partial charge in [-0.2, -0.15) is 0 Å². The summed E-state index contributed by atoms with van der Waals surface area (Å²) in [4.78, 5) is 12.9. The molecule has 0 aliphatic carbocycles. The highest BCUT2D eigenvalue weighted by Gasteiger charge is 2.14. The fourth-order valence-corrected chi connectivity index (χ4v) is 1.68. The average Bonchev–Trinajstić information content (AvgIpc) is 2.35. The Hall–Kier alpha value is -1.30. The zero-order valence-electron chi connectivity index (χ0n) is 11.4. The van der Waals surface area contributed by atoms with E-state index in [1.165, 1.54) is 7.11 Å². The van der Waals surface area contributed by atoms with Crippen molar-refractivity contribution in [1.82, 2.24) is 4.90 Å². The topological polar surface area (TPSA) is 105 Å². The monoisotopic (exact) mass is 258 g/mol. The Kier molecular flexibility index (Phi) is 9.00. The van der Waals surface area contributed by atoms with Gasteiger partial charge < -0.3 is 21.1 Å². The van der Waals surface area contributed by atoms with E-state index in [-0.39, 0.29) is 5.96 Å². The molecule has 18 heavy (non-hydrogen) atoms. The van der Waals surface area contributed by atoms with E-state index in [0.29, 0.717) is 13.0 Å². The van der Waals surface area contributed by atoms with Gasteiger partial charge in [-0.25, -0.2) is 0 Å². The van der Waals surface area contributed by atoms with E-state index >= 15 is 0 Å². The Bertz CT molecular complexity index is 258. The molecule has 0 amide bonds. The van der Waals surface area contributed by atoms with E-state index in [0.717, 1.165) is 32.2 Å². The molecule has 6 heteroatoms. The molecular weight excluding hydrogens is 232 g/mol. The molecule has 0 bridgehead atoms. The number of nitrogens with zero attached hydrogens (tertiary/aromatic N) is 1. The van der Waals surface area contributed by atoms with Crippen LogP contribution in [-0.2, 0) is 9.53 Å². The standard InChI is InChI=1S/C12H26N4O2/c1-3-4-5-8-16(12(14)15)9-6-7-10(13)11(17)18-2/h10H,3-9,13H2,1-2H3,(H3,14,15). The molecule has 0 aliphatic rings. The zero-order valence-corrected chi connectivity index (χ0v) is 11.4. The maximum absolute atomic E-state index is 11.1. The molecule has 0 aromatic heterocycles. The number of guanidine groups is 1. The van der Waals surface area contributed by atoms with Gasteiger partial charge in [0.15, 0.2) is 5.96 Å². The van der Waals surface area contributed by atoms with E-state index in [9.17, 15) is 4.79 Å². The Labute approximate surface area is 109 Å². The number of hydrogen-bond donors (Lipinski definition) is 3. The van der Waals surface area contributed by atoms with Gasteiger partial charge in [0.25, 0.3) is 0 Å². The van der Waals surface area contributed by atoms with Crippen molar-refractivity contribution in [3.63, 3.8) is 0 Å². The third-order valence-corrected chi connectivity index (χ3v) is 2.82. The lowest BCUT2D eigenvalue weighted by Gasteiger charge is -2.23. The predicted molar refractivity (Wildman–Crippen MR) is 72.2 cm³/mol. The van der Waals surface area contributed by atoms with Crippen LogP contribution in [0.4, 0.5) is 0 Å². The van der Waals surface area contributed by atoms with E-state index in [1.807, 2.05) is 4.90 Å². The SMILES string of the molecule is CCCCCN(CCCC(N)C(=O)OC)C(=N)N. The average molecular weight is 258 g/mol. The smallest absolute Gasteiger partial charge is 0.322 e. The Morgan fingerprint density at radius 1 is 1.33 bits per heavy atom. The van der Waals surface area contributed by atoms with E-state index in [4.69, 9.17) is 16.9 Å². The van der Waals surface area contributed by atoms with Crippen molar-refractivity contribution in [2.75, 3.05) is 20.2 Å². The van der Waals surface area contributed by atoms with Crippen molar-refractivity contribution in [1.29, 1.82) is 5.41 Å². The molecule has 0 radical (unpaired) electrons. The van der Waals surface area contributed by atoms with Crippen LogP contribution in [0, 0.1) is 5.41 Å². The lowest BCUT2D eigenvalue weighted by atomic mass is 10.1. The van der Waals surface area contributed by atoms with Gasteiger partial charge in [0.05, 0.1) is 7.11 Å². The van der Waals surface area contributed by atoms with Crippen LogP contribution in [0.15, 0.2) is 0 Å². The summed E-state index contributed by atoms with van der Waals surface area (Å²) < 4.78 is 4.55. The van der Waals surface area contributed by atoms with Gasteiger partial charge in [-0.3, -0.25) is 10.2 Å². The first-order chi connectivity index (χ1) is 8.52. The highest BCUT2D eigenvalue weighted by atomic mass is 16.5.